The highest BCUT2D eigenvalue weighted by atomic mass is 32.2. The first-order valence-electron chi connectivity index (χ1n) is 11.4. The lowest BCUT2D eigenvalue weighted by Crippen LogP contribution is -2.40. The standard InChI is InChI=1S/C25H32N2O6S/c1-5-17(2)21-8-6-7-9-23(21)26-24(28)19(4)33-25(29)22-16-20(11-10-18(22)3)34(30,31)27-12-14-32-15-13-27/h6-11,16-17,19H,5,12-15H2,1-4H3,(H,26,28). The fourth-order valence-electron chi connectivity index (χ4n) is 3.69. The molecule has 0 radical (unpaired) electrons. The van der Waals surface area contributed by atoms with Crippen LogP contribution in [0, 0.1) is 6.92 Å². The number of carbonyl (C=O) groups is 2. The zero-order chi connectivity index (χ0) is 24.9. The molecule has 1 aliphatic heterocycles. The van der Waals surface area contributed by atoms with E-state index in [0.29, 0.717) is 24.5 Å². The van der Waals surface area contributed by atoms with Crippen LogP contribution in [0.1, 0.15) is 54.6 Å². The van der Waals surface area contributed by atoms with Crippen molar-refractivity contribution in [3.8, 4) is 0 Å². The zero-order valence-corrected chi connectivity index (χ0v) is 20.9. The number of hydrogen-bond donors (Lipinski definition) is 1. The lowest BCUT2D eigenvalue weighted by molar-refractivity contribution is -0.123. The third-order valence-corrected chi connectivity index (χ3v) is 7.95. The van der Waals surface area contributed by atoms with Crippen LogP contribution in [0.3, 0.4) is 0 Å². The Morgan fingerprint density at radius 2 is 1.79 bits per heavy atom. The lowest BCUT2D eigenvalue weighted by atomic mass is 9.97. The van der Waals surface area contributed by atoms with E-state index in [2.05, 4.69) is 19.2 Å². The van der Waals surface area contributed by atoms with E-state index in [1.165, 1.54) is 23.4 Å². The quantitative estimate of drug-likeness (QED) is 0.569. The van der Waals surface area contributed by atoms with Crippen LogP contribution in [-0.4, -0.2) is 57.0 Å². The third-order valence-electron chi connectivity index (χ3n) is 6.05. The van der Waals surface area contributed by atoms with Crippen LogP contribution in [0.5, 0.6) is 0 Å². The molecule has 0 spiro atoms. The van der Waals surface area contributed by atoms with Gasteiger partial charge in [0.05, 0.1) is 23.7 Å². The van der Waals surface area contributed by atoms with Gasteiger partial charge in [-0.3, -0.25) is 4.79 Å². The number of sulfonamides is 1. The Kier molecular flexibility index (Phi) is 8.46. The summed E-state index contributed by atoms with van der Waals surface area (Å²) in [7, 11) is -3.77. The van der Waals surface area contributed by atoms with Crippen molar-refractivity contribution in [2.45, 2.75) is 51.0 Å². The number of aryl methyl sites for hydroxylation is 1. The molecule has 8 nitrogen and oxygen atoms in total. The number of amides is 1. The first-order chi connectivity index (χ1) is 16.1. The number of carbonyl (C=O) groups excluding carboxylic acids is 2. The van der Waals surface area contributed by atoms with Crippen LogP contribution >= 0.6 is 0 Å². The van der Waals surface area contributed by atoms with Crippen LogP contribution in [0.4, 0.5) is 5.69 Å². The topological polar surface area (TPSA) is 102 Å². The van der Waals surface area contributed by atoms with Crippen LogP contribution < -0.4 is 5.32 Å². The monoisotopic (exact) mass is 488 g/mol. The Bertz CT molecular complexity index is 1140. The van der Waals surface area contributed by atoms with Crippen molar-refractivity contribution in [3.63, 3.8) is 0 Å². The molecule has 1 fully saturated rings. The molecule has 3 rings (SSSR count). The zero-order valence-electron chi connectivity index (χ0n) is 20.0. The van der Waals surface area contributed by atoms with E-state index < -0.39 is 28.0 Å². The average Bonchev–Trinajstić information content (AvgIpc) is 2.84. The molecule has 1 heterocycles. The molecule has 9 heteroatoms. The van der Waals surface area contributed by atoms with Crippen LogP contribution in [-0.2, 0) is 24.3 Å². The van der Waals surface area contributed by atoms with Gasteiger partial charge >= 0.3 is 5.97 Å². The number of ether oxygens (including phenoxy) is 2. The number of para-hydroxylation sites is 1. The highest BCUT2D eigenvalue weighted by Gasteiger charge is 2.28. The summed E-state index contributed by atoms with van der Waals surface area (Å²) in [4.78, 5) is 25.6. The SMILES string of the molecule is CCC(C)c1ccccc1NC(=O)C(C)OC(=O)c1cc(S(=O)(=O)N2CCOCC2)ccc1C. The molecule has 0 saturated carbocycles. The second-order valence-corrected chi connectivity index (χ2v) is 10.4. The predicted octanol–water partition coefficient (Wildman–Crippen LogP) is 3.71. The number of nitrogens with one attached hydrogen (secondary N) is 1. The van der Waals surface area contributed by atoms with Gasteiger partial charge in [0.15, 0.2) is 6.10 Å². The molecule has 1 saturated heterocycles. The number of morpholine rings is 1. The minimum Gasteiger partial charge on any atom is -0.449 e. The van der Waals surface area contributed by atoms with Crippen molar-refractivity contribution in [3.05, 3.63) is 59.2 Å². The molecule has 184 valence electrons. The number of anilines is 1. The van der Waals surface area contributed by atoms with Gasteiger partial charge < -0.3 is 14.8 Å². The second-order valence-electron chi connectivity index (χ2n) is 8.43. The van der Waals surface area contributed by atoms with E-state index in [9.17, 15) is 18.0 Å². The number of esters is 1. The molecule has 1 N–H and O–H groups in total. The van der Waals surface area contributed by atoms with Gasteiger partial charge in [-0.15, -0.1) is 0 Å². The fraction of sp³-hybridized carbons (Fsp3) is 0.440. The van der Waals surface area contributed by atoms with Crippen molar-refractivity contribution >= 4 is 27.6 Å². The van der Waals surface area contributed by atoms with E-state index in [1.807, 2.05) is 24.3 Å². The van der Waals surface area contributed by atoms with Crippen molar-refractivity contribution in [2.75, 3.05) is 31.6 Å². The smallest absolute Gasteiger partial charge is 0.339 e. The summed E-state index contributed by atoms with van der Waals surface area (Å²) < 4.78 is 37.9. The summed E-state index contributed by atoms with van der Waals surface area (Å²) in [5.74, 6) is -0.957. The maximum Gasteiger partial charge on any atom is 0.339 e. The number of nitrogens with zero attached hydrogens (tertiary/aromatic N) is 1. The molecular weight excluding hydrogens is 456 g/mol. The highest BCUT2D eigenvalue weighted by molar-refractivity contribution is 7.89. The van der Waals surface area contributed by atoms with Crippen LogP contribution in [0.15, 0.2) is 47.4 Å². The van der Waals surface area contributed by atoms with Crippen LogP contribution in [0.2, 0.25) is 0 Å². The molecule has 2 aromatic carbocycles. The summed E-state index contributed by atoms with van der Waals surface area (Å²) in [5.41, 5.74) is 2.35. The Labute approximate surface area is 201 Å². The molecule has 2 unspecified atom stereocenters. The molecule has 0 bridgehead atoms. The summed E-state index contributed by atoms with van der Waals surface area (Å²) in [5, 5.41) is 2.85. The third kappa shape index (κ3) is 5.84. The first-order valence-corrected chi connectivity index (χ1v) is 12.9. The molecule has 0 aliphatic carbocycles. The van der Waals surface area contributed by atoms with E-state index in [0.717, 1.165) is 12.0 Å². The molecule has 1 amide bonds. The van der Waals surface area contributed by atoms with Gasteiger partial charge in [-0.2, -0.15) is 4.31 Å². The Hall–Kier alpha value is -2.75. The number of hydrogen-bond acceptors (Lipinski definition) is 6. The van der Waals surface area contributed by atoms with Crippen molar-refractivity contribution < 1.29 is 27.5 Å². The van der Waals surface area contributed by atoms with E-state index in [1.54, 1.807) is 13.0 Å². The minimum atomic E-state index is -3.77. The van der Waals surface area contributed by atoms with Gasteiger partial charge in [0, 0.05) is 18.8 Å². The fourth-order valence-corrected chi connectivity index (χ4v) is 5.12. The largest absolute Gasteiger partial charge is 0.449 e. The normalized spacial score (nSPS) is 16.5. The summed E-state index contributed by atoms with van der Waals surface area (Å²) >= 11 is 0. The van der Waals surface area contributed by atoms with Crippen molar-refractivity contribution in [2.24, 2.45) is 0 Å². The summed E-state index contributed by atoms with van der Waals surface area (Å²) in [6.07, 6.45) is -0.156. The molecule has 2 aromatic rings. The van der Waals surface area contributed by atoms with Gasteiger partial charge in [-0.05, 0) is 55.5 Å². The predicted molar refractivity (Wildman–Crippen MR) is 129 cm³/mol. The van der Waals surface area contributed by atoms with Crippen molar-refractivity contribution in [1.29, 1.82) is 0 Å². The van der Waals surface area contributed by atoms with Gasteiger partial charge in [0.1, 0.15) is 0 Å². The maximum atomic E-state index is 13.0. The van der Waals surface area contributed by atoms with Gasteiger partial charge in [-0.1, -0.05) is 38.1 Å². The van der Waals surface area contributed by atoms with E-state index in [-0.39, 0.29) is 29.5 Å². The van der Waals surface area contributed by atoms with Crippen molar-refractivity contribution in [1.82, 2.24) is 4.31 Å². The van der Waals surface area contributed by atoms with Gasteiger partial charge in [-0.25, -0.2) is 13.2 Å². The first kappa shape index (κ1) is 25.9. The summed E-state index contributed by atoms with van der Waals surface area (Å²) in [6.45, 7) is 8.49. The second kappa shape index (κ2) is 11.1. The van der Waals surface area contributed by atoms with Gasteiger partial charge in [0.2, 0.25) is 10.0 Å². The maximum absolute atomic E-state index is 13.0. The highest BCUT2D eigenvalue weighted by Crippen LogP contribution is 2.27. The Balaban J connectivity index is 1.74. The van der Waals surface area contributed by atoms with E-state index in [4.69, 9.17) is 9.47 Å². The van der Waals surface area contributed by atoms with Crippen LogP contribution in [0.25, 0.3) is 0 Å². The van der Waals surface area contributed by atoms with E-state index >= 15 is 0 Å². The van der Waals surface area contributed by atoms with Gasteiger partial charge in [0.25, 0.3) is 5.91 Å². The minimum absolute atomic E-state index is 0.00605. The lowest BCUT2D eigenvalue weighted by Gasteiger charge is -2.26. The molecule has 2 atom stereocenters. The molecule has 1 aliphatic rings. The number of rotatable bonds is 8. The Morgan fingerprint density at radius 1 is 1.12 bits per heavy atom. The Morgan fingerprint density at radius 3 is 2.47 bits per heavy atom. The molecule has 0 aromatic heterocycles. The molecular formula is C25H32N2O6S. The summed E-state index contributed by atoms with van der Waals surface area (Å²) in [6, 6.07) is 11.9. The number of benzene rings is 2. The molecule has 34 heavy (non-hydrogen) atoms. The average molecular weight is 489 g/mol.